The highest BCUT2D eigenvalue weighted by Crippen LogP contribution is 2.34. The van der Waals surface area contributed by atoms with Gasteiger partial charge in [-0.2, -0.15) is 0 Å². The van der Waals surface area contributed by atoms with Gasteiger partial charge >= 0.3 is 0 Å². The van der Waals surface area contributed by atoms with Crippen molar-refractivity contribution in [3.8, 4) is 5.75 Å². The monoisotopic (exact) mass is 335 g/mol. The largest absolute Gasteiger partial charge is 0.493 e. The van der Waals surface area contributed by atoms with E-state index in [0.717, 1.165) is 29.8 Å². The van der Waals surface area contributed by atoms with E-state index in [2.05, 4.69) is 39.5 Å². The van der Waals surface area contributed by atoms with E-state index in [4.69, 9.17) is 4.74 Å². The zero-order valence-electron chi connectivity index (χ0n) is 11.8. The molecule has 1 N–H and O–H groups in total. The number of hydrogen-bond acceptors (Lipinski definition) is 2. The Bertz CT molecular complexity index is 498. The zero-order chi connectivity index (χ0) is 13.8. The number of rotatable bonds is 4. The molecule has 1 aromatic carbocycles. The highest BCUT2D eigenvalue weighted by Gasteiger charge is 2.21. The number of benzene rings is 1. The summed E-state index contributed by atoms with van der Waals surface area (Å²) in [6, 6.07) is 6.73. The standard InChI is InChI=1S/C17H22BrNO/c18-14-6-7-17-15(12-14)16(9-11-20-17)19-10-8-13-4-2-1-3-5-13/h4,6-7,12,16,19H,1-3,5,8-11H2. The molecule has 0 radical (unpaired) electrons. The van der Waals surface area contributed by atoms with E-state index in [1.54, 1.807) is 5.57 Å². The van der Waals surface area contributed by atoms with Gasteiger partial charge in [-0.3, -0.25) is 0 Å². The Hall–Kier alpha value is -0.800. The molecule has 0 fully saturated rings. The molecule has 0 spiro atoms. The van der Waals surface area contributed by atoms with Crippen LogP contribution in [0.2, 0.25) is 0 Å². The van der Waals surface area contributed by atoms with Gasteiger partial charge in [0, 0.05) is 22.5 Å². The Morgan fingerprint density at radius 2 is 2.25 bits per heavy atom. The molecule has 0 saturated heterocycles. The second-order valence-electron chi connectivity index (χ2n) is 5.68. The molecule has 1 atom stereocenters. The summed E-state index contributed by atoms with van der Waals surface area (Å²) in [6.07, 6.45) is 10.0. The molecule has 1 heterocycles. The Labute approximate surface area is 129 Å². The Morgan fingerprint density at radius 3 is 3.10 bits per heavy atom. The van der Waals surface area contributed by atoms with E-state index in [1.807, 2.05) is 6.07 Å². The van der Waals surface area contributed by atoms with Crippen molar-refractivity contribution in [2.75, 3.05) is 13.2 Å². The van der Waals surface area contributed by atoms with Crippen molar-refractivity contribution in [3.63, 3.8) is 0 Å². The van der Waals surface area contributed by atoms with E-state index in [0.29, 0.717) is 6.04 Å². The molecular formula is C17H22BrNO. The van der Waals surface area contributed by atoms with E-state index in [9.17, 15) is 0 Å². The van der Waals surface area contributed by atoms with Crippen molar-refractivity contribution >= 4 is 15.9 Å². The van der Waals surface area contributed by atoms with Crippen LogP contribution < -0.4 is 10.1 Å². The summed E-state index contributed by atoms with van der Waals surface area (Å²) < 4.78 is 6.86. The fourth-order valence-corrected chi connectivity index (χ4v) is 3.49. The van der Waals surface area contributed by atoms with Crippen LogP contribution in [0.25, 0.3) is 0 Å². The van der Waals surface area contributed by atoms with Gasteiger partial charge in [-0.25, -0.2) is 0 Å². The van der Waals surface area contributed by atoms with E-state index in [-0.39, 0.29) is 0 Å². The predicted molar refractivity (Wildman–Crippen MR) is 86.2 cm³/mol. The maximum atomic E-state index is 5.73. The molecule has 0 saturated carbocycles. The maximum absolute atomic E-state index is 5.73. The van der Waals surface area contributed by atoms with Crippen LogP contribution in [0, 0.1) is 0 Å². The lowest BCUT2D eigenvalue weighted by molar-refractivity contribution is 0.253. The average molecular weight is 336 g/mol. The summed E-state index contributed by atoms with van der Waals surface area (Å²) in [5.41, 5.74) is 2.94. The van der Waals surface area contributed by atoms with Crippen molar-refractivity contribution in [2.24, 2.45) is 0 Å². The molecule has 0 bridgehead atoms. The average Bonchev–Trinajstić information content (AvgIpc) is 2.49. The van der Waals surface area contributed by atoms with Gasteiger partial charge < -0.3 is 10.1 Å². The highest BCUT2D eigenvalue weighted by molar-refractivity contribution is 9.10. The second-order valence-corrected chi connectivity index (χ2v) is 6.60. The fraction of sp³-hybridized carbons (Fsp3) is 0.529. The van der Waals surface area contributed by atoms with Crippen LogP contribution in [0.15, 0.2) is 34.3 Å². The number of halogens is 1. The zero-order valence-corrected chi connectivity index (χ0v) is 13.4. The molecule has 108 valence electrons. The van der Waals surface area contributed by atoms with Gasteiger partial charge in [0.25, 0.3) is 0 Å². The van der Waals surface area contributed by atoms with Gasteiger partial charge in [-0.1, -0.05) is 27.6 Å². The molecular weight excluding hydrogens is 314 g/mol. The van der Waals surface area contributed by atoms with Crippen LogP contribution in [0.1, 0.15) is 50.1 Å². The van der Waals surface area contributed by atoms with Gasteiger partial charge in [0.05, 0.1) is 6.61 Å². The van der Waals surface area contributed by atoms with Gasteiger partial charge in [-0.05, 0) is 56.8 Å². The number of fused-ring (bicyclic) bond motifs is 1. The number of hydrogen-bond donors (Lipinski definition) is 1. The summed E-state index contributed by atoms with van der Waals surface area (Å²) in [6.45, 7) is 1.89. The van der Waals surface area contributed by atoms with Crippen LogP contribution >= 0.6 is 15.9 Å². The number of nitrogens with one attached hydrogen (secondary N) is 1. The quantitative estimate of drug-likeness (QED) is 0.801. The minimum atomic E-state index is 0.431. The summed E-state index contributed by atoms with van der Waals surface area (Å²) in [5, 5.41) is 3.71. The van der Waals surface area contributed by atoms with Crippen molar-refractivity contribution in [3.05, 3.63) is 39.9 Å². The lowest BCUT2D eigenvalue weighted by atomic mass is 9.96. The second kappa shape index (κ2) is 6.77. The van der Waals surface area contributed by atoms with Crippen molar-refractivity contribution in [1.82, 2.24) is 5.32 Å². The summed E-state index contributed by atoms with van der Waals surface area (Å²) >= 11 is 3.56. The predicted octanol–water partition coefficient (Wildman–Crippen LogP) is 4.75. The molecule has 1 unspecified atom stereocenters. The molecule has 3 heteroatoms. The molecule has 2 aliphatic rings. The van der Waals surface area contributed by atoms with Gasteiger partial charge in [0.1, 0.15) is 5.75 Å². The Kier molecular flexibility index (Phi) is 4.79. The molecule has 1 aromatic rings. The third-order valence-electron chi connectivity index (χ3n) is 4.23. The highest BCUT2D eigenvalue weighted by atomic mass is 79.9. The number of ether oxygens (including phenoxy) is 1. The Balaban J connectivity index is 1.58. The molecule has 1 aliphatic carbocycles. The first kappa shape index (κ1) is 14.2. The van der Waals surface area contributed by atoms with Gasteiger partial charge in [0.2, 0.25) is 0 Å². The van der Waals surface area contributed by atoms with E-state index >= 15 is 0 Å². The van der Waals surface area contributed by atoms with Crippen molar-refractivity contribution < 1.29 is 4.74 Å². The third kappa shape index (κ3) is 3.44. The third-order valence-corrected chi connectivity index (χ3v) is 4.73. The minimum Gasteiger partial charge on any atom is -0.493 e. The molecule has 3 rings (SSSR count). The van der Waals surface area contributed by atoms with E-state index in [1.165, 1.54) is 37.7 Å². The van der Waals surface area contributed by atoms with E-state index < -0.39 is 0 Å². The topological polar surface area (TPSA) is 21.3 Å². The van der Waals surface area contributed by atoms with Crippen molar-refractivity contribution in [1.29, 1.82) is 0 Å². The lowest BCUT2D eigenvalue weighted by Crippen LogP contribution is -2.28. The van der Waals surface area contributed by atoms with Crippen LogP contribution in [0.5, 0.6) is 5.75 Å². The minimum absolute atomic E-state index is 0.431. The van der Waals surface area contributed by atoms with Crippen molar-refractivity contribution in [2.45, 2.75) is 44.6 Å². The molecule has 2 nitrogen and oxygen atoms in total. The van der Waals surface area contributed by atoms with Crippen LogP contribution in [0.4, 0.5) is 0 Å². The first-order valence-corrected chi connectivity index (χ1v) is 8.46. The molecule has 0 aromatic heterocycles. The van der Waals surface area contributed by atoms with Gasteiger partial charge in [-0.15, -0.1) is 0 Å². The van der Waals surface area contributed by atoms with Crippen LogP contribution in [-0.2, 0) is 0 Å². The summed E-state index contributed by atoms with van der Waals surface area (Å²) in [7, 11) is 0. The van der Waals surface area contributed by atoms with Crippen LogP contribution in [-0.4, -0.2) is 13.2 Å². The molecule has 20 heavy (non-hydrogen) atoms. The first-order valence-electron chi connectivity index (χ1n) is 7.66. The first-order chi connectivity index (χ1) is 9.83. The smallest absolute Gasteiger partial charge is 0.124 e. The van der Waals surface area contributed by atoms with Gasteiger partial charge in [0.15, 0.2) is 0 Å². The molecule has 0 amide bonds. The number of allylic oxidation sites excluding steroid dienone is 1. The maximum Gasteiger partial charge on any atom is 0.124 e. The molecule has 1 aliphatic heterocycles. The SMILES string of the molecule is Brc1ccc2c(c1)C(NCCC1=CCCCC1)CCO2. The lowest BCUT2D eigenvalue weighted by Gasteiger charge is -2.27. The fourth-order valence-electron chi connectivity index (χ4n) is 3.12. The Morgan fingerprint density at radius 1 is 1.30 bits per heavy atom. The normalized spacial score (nSPS) is 21.9. The summed E-state index contributed by atoms with van der Waals surface area (Å²) in [4.78, 5) is 0. The van der Waals surface area contributed by atoms with Crippen LogP contribution in [0.3, 0.4) is 0 Å². The summed E-state index contributed by atoms with van der Waals surface area (Å²) in [5.74, 6) is 1.04.